The molecule has 0 aromatic carbocycles. The summed E-state index contributed by atoms with van der Waals surface area (Å²) in [5.74, 6) is -0.559. The lowest BCUT2D eigenvalue weighted by Crippen LogP contribution is -2.53. The van der Waals surface area contributed by atoms with Crippen LogP contribution in [0.15, 0.2) is 0 Å². The van der Waals surface area contributed by atoms with Crippen molar-refractivity contribution in [2.75, 3.05) is 7.11 Å². The van der Waals surface area contributed by atoms with Gasteiger partial charge >= 0.3 is 12.1 Å². The molecule has 0 aromatic rings. The van der Waals surface area contributed by atoms with Crippen molar-refractivity contribution in [1.82, 2.24) is 10.6 Å². The highest BCUT2D eigenvalue weighted by molar-refractivity contribution is 5.86. The predicted octanol–water partition coefficient (Wildman–Crippen LogP) is 2.38. The molecule has 1 fully saturated rings. The van der Waals surface area contributed by atoms with Crippen molar-refractivity contribution >= 4 is 18.0 Å². The number of methoxy groups -OCH3 is 1. The molecule has 2 amide bonds. The summed E-state index contributed by atoms with van der Waals surface area (Å²) in [7, 11) is 1.39. The van der Waals surface area contributed by atoms with Crippen molar-refractivity contribution in [2.24, 2.45) is 11.8 Å². The first kappa shape index (κ1) is 21.3. The molecule has 1 rings (SSSR count). The van der Waals surface area contributed by atoms with Crippen LogP contribution in [-0.2, 0) is 19.1 Å². The Morgan fingerprint density at radius 1 is 1.04 bits per heavy atom. The molecule has 7 heteroatoms. The molecule has 1 atom stereocenters. The van der Waals surface area contributed by atoms with Crippen molar-refractivity contribution < 1.29 is 23.9 Å². The van der Waals surface area contributed by atoms with E-state index in [2.05, 4.69) is 10.6 Å². The van der Waals surface area contributed by atoms with E-state index in [1.165, 1.54) is 7.11 Å². The van der Waals surface area contributed by atoms with E-state index in [0.29, 0.717) is 12.8 Å². The van der Waals surface area contributed by atoms with E-state index < -0.39 is 17.7 Å². The minimum absolute atomic E-state index is 0.00935. The SMILES string of the molecule is COC(=O)[C@H]1CC[C@@H](NC(=O)[C@@H](NC(=O)OC(C)(C)C)C(C)C)CC1. The van der Waals surface area contributed by atoms with Crippen molar-refractivity contribution in [3.05, 3.63) is 0 Å². The summed E-state index contributed by atoms with van der Waals surface area (Å²) in [5.41, 5.74) is -0.617. The number of hydrogen-bond donors (Lipinski definition) is 2. The van der Waals surface area contributed by atoms with Gasteiger partial charge in [0.2, 0.25) is 5.91 Å². The maximum absolute atomic E-state index is 12.6. The lowest BCUT2D eigenvalue weighted by molar-refractivity contribution is -0.146. The monoisotopic (exact) mass is 356 g/mol. The summed E-state index contributed by atoms with van der Waals surface area (Å²) >= 11 is 0. The van der Waals surface area contributed by atoms with Gasteiger partial charge in [-0.15, -0.1) is 0 Å². The summed E-state index contributed by atoms with van der Waals surface area (Å²) in [6.45, 7) is 9.07. The summed E-state index contributed by atoms with van der Waals surface area (Å²) < 4.78 is 10.0. The first-order valence-electron chi connectivity index (χ1n) is 8.91. The lowest BCUT2D eigenvalue weighted by Gasteiger charge is -2.30. The third-order valence-corrected chi connectivity index (χ3v) is 4.23. The van der Waals surface area contributed by atoms with E-state index in [-0.39, 0.29) is 29.8 Å². The third kappa shape index (κ3) is 7.32. The molecule has 1 aliphatic carbocycles. The molecular formula is C18H32N2O5. The fraction of sp³-hybridized carbons (Fsp3) is 0.833. The van der Waals surface area contributed by atoms with Crippen LogP contribution >= 0.6 is 0 Å². The molecular weight excluding hydrogens is 324 g/mol. The molecule has 1 saturated carbocycles. The first-order valence-corrected chi connectivity index (χ1v) is 8.91. The van der Waals surface area contributed by atoms with Gasteiger partial charge in [0.15, 0.2) is 0 Å². The van der Waals surface area contributed by atoms with Crippen molar-refractivity contribution in [2.45, 2.75) is 78.0 Å². The number of ether oxygens (including phenoxy) is 2. The van der Waals surface area contributed by atoms with Crippen LogP contribution in [-0.4, -0.2) is 42.8 Å². The van der Waals surface area contributed by atoms with Gasteiger partial charge in [-0.2, -0.15) is 0 Å². The minimum Gasteiger partial charge on any atom is -0.469 e. The van der Waals surface area contributed by atoms with Crippen LogP contribution in [0.3, 0.4) is 0 Å². The summed E-state index contributed by atoms with van der Waals surface area (Å²) in [4.78, 5) is 36.1. The number of hydrogen-bond acceptors (Lipinski definition) is 5. The highest BCUT2D eigenvalue weighted by atomic mass is 16.6. The zero-order valence-electron chi connectivity index (χ0n) is 16.2. The van der Waals surface area contributed by atoms with Gasteiger partial charge in [-0.05, 0) is 52.4 Å². The van der Waals surface area contributed by atoms with Gasteiger partial charge in [0.05, 0.1) is 13.0 Å². The zero-order valence-corrected chi connectivity index (χ0v) is 16.2. The molecule has 0 heterocycles. The van der Waals surface area contributed by atoms with Crippen LogP contribution in [0.25, 0.3) is 0 Å². The quantitative estimate of drug-likeness (QED) is 0.738. The van der Waals surface area contributed by atoms with Crippen molar-refractivity contribution in [3.8, 4) is 0 Å². The predicted molar refractivity (Wildman–Crippen MR) is 93.9 cm³/mol. The molecule has 7 nitrogen and oxygen atoms in total. The first-order chi connectivity index (χ1) is 11.5. The summed E-state index contributed by atoms with van der Waals surface area (Å²) in [6.07, 6.45) is 2.24. The Labute approximate surface area is 150 Å². The van der Waals surface area contributed by atoms with Gasteiger partial charge in [0.25, 0.3) is 0 Å². The average Bonchev–Trinajstić information content (AvgIpc) is 2.50. The van der Waals surface area contributed by atoms with Gasteiger partial charge in [-0.1, -0.05) is 13.8 Å². The van der Waals surface area contributed by atoms with Crippen LogP contribution < -0.4 is 10.6 Å². The van der Waals surface area contributed by atoms with Gasteiger partial charge in [0, 0.05) is 6.04 Å². The maximum atomic E-state index is 12.6. The van der Waals surface area contributed by atoms with Crippen LogP contribution in [0.2, 0.25) is 0 Å². The molecule has 1 aliphatic rings. The Bertz CT molecular complexity index is 476. The van der Waals surface area contributed by atoms with Gasteiger partial charge in [-0.3, -0.25) is 9.59 Å². The van der Waals surface area contributed by atoms with Crippen LogP contribution in [0.4, 0.5) is 4.79 Å². The molecule has 0 bridgehead atoms. The average molecular weight is 356 g/mol. The van der Waals surface area contributed by atoms with Crippen molar-refractivity contribution in [1.29, 1.82) is 0 Å². The molecule has 0 aromatic heterocycles. The van der Waals surface area contributed by atoms with Crippen molar-refractivity contribution in [3.63, 3.8) is 0 Å². The van der Waals surface area contributed by atoms with E-state index in [9.17, 15) is 14.4 Å². The summed E-state index contributed by atoms with van der Waals surface area (Å²) in [5, 5.41) is 5.64. The van der Waals surface area contributed by atoms with E-state index >= 15 is 0 Å². The van der Waals surface area contributed by atoms with Gasteiger partial charge < -0.3 is 20.1 Å². The van der Waals surface area contributed by atoms with E-state index in [1.54, 1.807) is 20.8 Å². The summed E-state index contributed by atoms with van der Waals surface area (Å²) in [6, 6.07) is -0.650. The number of amides is 2. The normalized spacial score (nSPS) is 22.0. The highest BCUT2D eigenvalue weighted by Crippen LogP contribution is 2.25. The second-order valence-corrected chi connectivity index (χ2v) is 7.95. The van der Waals surface area contributed by atoms with Crippen LogP contribution in [0, 0.1) is 11.8 Å². The Balaban J connectivity index is 2.55. The number of carbonyl (C=O) groups is 3. The number of nitrogens with one attached hydrogen (secondary N) is 2. The maximum Gasteiger partial charge on any atom is 0.408 e. The Hall–Kier alpha value is -1.79. The Morgan fingerprint density at radius 2 is 1.60 bits per heavy atom. The number of carbonyl (C=O) groups excluding carboxylic acids is 3. The standard InChI is InChI=1S/C18H32N2O5/c1-11(2)14(20-17(23)25-18(3,4)5)15(21)19-13-9-7-12(8-10-13)16(22)24-6/h11-14H,7-10H2,1-6H3,(H,19,21)(H,20,23)/t12-,13+,14-/m0/s1. The van der Waals surface area contributed by atoms with Gasteiger partial charge in [0.1, 0.15) is 11.6 Å². The molecule has 0 saturated heterocycles. The topological polar surface area (TPSA) is 93.7 Å². The van der Waals surface area contributed by atoms with Crippen LogP contribution in [0.5, 0.6) is 0 Å². The molecule has 0 spiro atoms. The van der Waals surface area contributed by atoms with E-state index in [4.69, 9.17) is 9.47 Å². The van der Waals surface area contributed by atoms with E-state index in [1.807, 2.05) is 13.8 Å². The minimum atomic E-state index is -0.659. The highest BCUT2D eigenvalue weighted by Gasteiger charge is 2.31. The fourth-order valence-electron chi connectivity index (χ4n) is 2.90. The number of rotatable bonds is 5. The fourth-order valence-corrected chi connectivity index (χ4v) is 2.90. The molecule has 0 unspecified atom stereocenters. The van der Waals surface area contributed by atoms with Crippen LogP contribution in [0.1, 0.15) is 60.3 Å². The van der Waals surface area contributed by atoms with Gasteiger partial charge in [-0.25, -0.2) is 4.79 Å². The number of esters is 1. The molecule has 0 aliphatic heterocycles. The molecule has 2 N–H and O–H groups in total. The lowest BCUT2D eigenvalue weighted by atomic mass is 9.86. The Morgan fingerprint density at radius 3 is 2.04 bits per heavy atom. The zero-order chi connectivity index (χ0) is 19.2. The largest absolute Gasteiger partial charge is 0.469 e. The number of alkyl carbamates (subject to hydrolysis) is 1. The third-order valence-electron chi connectivity index (χ3n) is 4.23. The smallest absolute Gasteiger partial charge is 0.408 e. The molecule has 0 radical (unpaired) electrons. The Kier molecular flexibility index (Phi) is 7.70. The van der Waals surface area contributed by atoms with E-state index in [0.717, 1.165) is 12.8 Å². The second-order valence-electron chi connectivity index (χ2n) is 7.95. The molecule has 25 heavy (non-hydrogen) atoms. The molecule has 144 valence electrons. The second kappa shape index (κ2) is 9.06.